The van der Waals surface area contributed by atoms with Crippen molar-refractivity contribution in [2.24, 2.45) is 0 Å². The van der Waals surface area contributed by atoms with E-state index in [0.717, 1.165) is 45.1 Å². The van der Waals surface area contributed by atoms with Gasteiger partial charge in [0.15, 0.2) is 0 Å². The fourth-order valence-electron chi connectivity index (χ4n) is 3.40. The van der Waals surface area contributed by atoms with Gasteiger partial charge in [-0.05, 0) is 32.6 Å². The monoisotopic (exact) mass is 251 g/mol. The summed E-state index contributed by atoms with van der Waals surface area (Å²) >= 11 is 0. The number of carbonyl (C=O) groups is 1. The topological polar surface area (TPSA) is 35.6 Å². The number of amides is 1. The van der Waals surface area contributed by atoms with Gasteiger partial charge in [-0.2, -0.15) is 0 Å². The third-order valence-electron chi connectivity index (χ3n) is 4.89. The second-order valence-corrected chi connectivity index (χ2v) is 6.14. The molecule has 0 aromatic heterocycles. The van der Waals surface area contributed by atoms with Crippen molar-refractivity contribution in [3.63, 3.8) is 0 Å². The molecule has 2 atom stereocenters. The van der Waals surface area contributed by atoms with Crippen LogP contribution in [-0.2, 0) is 4.79 Å². The van der Waals surface area contributed by atoms with Crippen LogP contribution in [-0.4, -0.2) is 60.0 Å². The van der Waals surface area contributed by atoms with E-state index in [1.54, 1.807) is 0 Å². The van der Waals surface area contributed by atoms with E-state index in [9.17, 15) is 4.79 Å². The van der Waals surface area contributed by atoms with E-state index in [4.69, 9.17) is 0 Å². The summed E-state index contributed by atoms with van der Waals surface area (Å²) in [7, 11) is 0. The summed E-state index contributed by atoms with van der Waals surface area (Å²) in [5.74, 6) is 0.340. The molecule has 1 unspecified atom stereocenters. The molecule has 2 heterocycles. The first-order valence-electron chi connectivity index (χ1n) is 7.53. The van der Waals surface area contributed by atoms with E-state index in [1.165, 1.54) is 19.3 Å². The standard InChI is InChI=1S/C14H25N3O/c1-11-5-6-13(15-11)14(18)17-9-7-16(8-10-17)12-3-2-4-12/h11-13,15H,2-10H2,1H3/t11?,13-/m0/s1. The van der Waals surface area contributed by atoms with Crippen LogP contribution < -0.4 is 5.32 Å². The van der Waals surface area contributed by atoms with E-state index in [1.807, 2.05) is 0 Å². The molecule has 0 aromatic rings. The minimum atomic E-state index is 0.0928. The summed E-state index contributed by atoms with van der Waals surface area (Å²) < 4.78 is 0. The highest BCUT2D eigenvalue weighted by Gasteiger charge is 2.33. The normalized spacial score (nSPS) is 34.6. The smallest absolute Gasteiger partial charge is 0.239 e. The lowest BCUT2D eigenvalue weighted by Gasteiger charge is -2.43. The summed E-state index contributed by atoms with van der Waals surface area (Å²) in [6.45, 7) is 6.20. The Kier molecular flexibility index (Phi) is 3.57. The van der Waals surface area contributed by atoms with Crippen molar-refractivity contribution in [2.75, 3.05) is 26.2 Å². The van der Waals surface area contributed by atoms with Crippen LogP contribution in [0.25, 0.3) is 0 Å². The molecule has 102 valence electrons. The Balaban J connectivity index is 1.48. The molecule has 18 heavy (non-hydrogen) atoms. The quantitative estimate of drug-likeness (QED) is 0.789. The number of piperazine rings is 1. The number of nitrogens with one attached hydrogen (secondary N) is 1. The van der Waals surface area contributed by atoms with E-state index in [-0.39, 0.29) is 6.04 Å². The molecular formula is C14H25N3O. The van der Waals surface area contributed by atoms with Crippen molar-refractivity contribution in [3.05, 3.63) is 0 Å². The minimum Gasteiger partial charge on any atom is -0.339 e. The summed E-state index contributed by atoms with van der Waals surface area (Å²) in [4.78, 5) is 17.0. The average Bonchev–Trinajstić information content (AvgIpc) is 2.74. The number of rotatable bonds is 2. The third kappa shape index (κ3) is 2.41. The maximum absolute atomic E-state index is 12.4. The summed E-state index contributed by atoms with van der Waals surface area (Å²) in [5, 5.41) is 3.40. The minimum absolute atomic E-state index is 0.0928. The Labute approximate surface area is 110 Å². The Morgan fingerprint density at radius 3 is 2.28 bits per heavy atom. The molecule has 1 amide bonds. The third-order valence-corrected chi connectivity index (χ3v) is 4.89. The highest BCUT2D eigenvalue weighted by atomic mass is 16.2. The Bertz CT molecular complexity index is 308. The van der Waals surface area contributed by atoms with Gasteiger partial charge >= 0.3 is 0 Å². The Morgan fingerprint density at radius 2 is 1.78 bits per heavy atom. The highest BCUT2D eigenvalue weighted by Crippen LogP contribution is 2.25. The first-order chi connectivity index (χ1) is 8.74. The molecule has 2 aliphatic heterocycles. The number of carbonyl (C=O) groups excluding carboxylic acids is 1. The van der Waals surface area contributed by atoms with Gasteiger partial charge in [0.05, 0.1) is 6.04 Å². The van der Waals surface area contributed by atoms with Crippen LogP contribution >= 0.6 is 0 Å². The van der Waals surface area contributed by atoms with Crippen molar-refractivity contribution >= 4 is 5.91 Å². The van der Waals surface area contributed by atoms with Crippen LogP contribution in [0, 0.1) is 0 Å². The van der Waals surface area contributed by atoms with Crippen LogP contribution in [0.15, 0.2) is 0 Å². The molecule has 3 aliphatic rings. The number of hydrogen-bond acceptors (Lipinski definition) is 3. The van der Waals surface area contributed by atoms with Gasteiger partial charge < -0.3 is 10.2 Å². The second-order valence-electron chi connectivity index (χ2n) is 6.14. The number of hydrogen-bond donors (Lipinski definition) is 1. The summed E-state index contributed by atoms with van der Waals surface area (Å²) in [6, 6.07) is 1.43. The molecule has 0 aromatic carbocycles. The van der Waals surface area contributed by atoms with Crippen molar-refractivity contribution in [1.29, 1.82) is 0 Å². The van der Waals surface area contributed by atoms with Crippen molar-refractivity contribution in [3.8, 4) is 0 Å². The van der Waals surface area contributed by atoms with E-state index >= 15 is 0 Å². The average molecular weight is 251 g/mol. The molecule has 4 nitrogen and oxygen atoms in total. The van der Waals surface area contributed by atoms with E-state index in [2.05, 4.69) is 22.0 Å². The van der Waals surface area contributed by atoms with Gasteiger partial charge in [0.2, 0.25) is 5.91 Å². The van der Waals surface area contributed by atoms with Gasteiger partial charge in [0.25, 0.3) is 0 Å². The lowest BCUT2D eigenvalue weighted by molar-refractivity contribution is -0.135. The second kappa shape index (κ2) is 5.17. The fourth-order valence-corrected chi connectivity index (χ4v) is 3.40. The zero-order valence-corrected chi connectivity index (χ0v) is 11.4. The molecule has 1 saturated carbocycles. The van der Waals surface area contributed by atoms with E-state index < -0.39 is 0 Å². The van der Waals surface area contributed by atoms with Crippen molar-refractivity contribution in [1.82, 2.24) is 15.1 Å². The molecule has 1 N–H and O–H groups in total. The fraction of sp³-hybridized carbons (Fsp3) is 0.929. The summed E-state index contributed by atoms with van der Waals surface area (Å²) in [6.07, 6.45) is 6.29. The SMILES string of the molecule is CC1CC[C@@H](C(=O)N2CCN(C3CCC3)CC2)N1. The predicted octanol–water partition coefficient (Wildman–Crippen LogP) is 0.824. The summed E-state index contributed by atoms with van der Waals surface area (Å²) in [5.41, 5.74) is 0. The molecule has 0 bridgehead atoms. The van der Waals surface area contributed by atoms with Crippen LogP contribution in [0.4, 0.5) is 0 Å². The van der Waals surface area contributed by atoms with Gasteiger partial charge in [-0.15, -0.1) is 0 Å². The zero-order valence-electron chi connectivity index (χ0n) is 11.4. The Hall–Kier alpha value is -0.610. The van der Waals surface area contributed by atoms with Crippen molar-refractivity contribution < 1.29 is 4.79 Å². The van der Waals surface area contributed by atoms with Crippen LogP contribution in [0.5, 0.6) is 0 Å². The molecule has 0 spiro atoms. The molecule has 4 heteroatoms. The lowest BCUT2D eigenvalue weighted by Crippen LogP contribution is -2.56. The first kappa shape index (κ1) is 12.4. The van der Waals surface area contributed by atoms with Crippen molar-refractivity contribution in [2.45, 2.75) is 57.2 Å². The first-order valence-corrected chi connectivity index (χ1v) is 7.53. The van der Waals surface area contributed by atoms with Gasteiger partial charge in [-0.3, -0.25) is 9.69 Å². The van der Waals surface area contributed by atoms with Gasteiger partial charge in [0.1, 0.15) is 0 Å². The molecule has 3 fully saturated rings. The van der Waals surface area contributed by atoms with E-state index in [0.29, 0.717) is 11.9 Å². The maximum Gasteiger partial charge on any atom is 0.239 e. The lowest BCUT2D eigenvalue weighted by atomic mass is 9.91. The molecule has 3 rings (SSSR count). The Morgan fingerprint density at radius 1 is 1.06 bits per heavy atom. The molecule has 1 aliphatic carbocycles. The van der Waals surface area contributed by atoms with Crippen LogP contribution in [0.1, 0.15) is 39.0 Å². The van der Waals surface area contributed by atoms with Crippen LogP contribution in [0.2, 0.25) is 0 Å². The largest absolute Gasteiger partial charge is 0.339 e. The predicted molar refractivity (Wildman–Crippen MR) is 71.4 cm³/mol. The van der Waals surface area contributed by atoms with Gasteiger partial charge in [-0.25, -0.2) is 0 Å². The maximum atomic E-state index is 12.4. The number of nitrogens with zero attached hydrogens (tertiary/aromatic N) is 2. The zero-order chi connectivity index (χ0) is 12.5. The molecular weight excluding hydrogens is 226 g/mol. The molecule has 0 radical (unpaired) electrons. The highest BCUT2D eigenvalue weighted by molar-refractivity contribution is 5.82. The van der Waals surface area contributed by atoms with Gasteiger partial charge in [0, 0.05) is 38.3 Å². The molecule has 2 saturated heterocycles. The van der Waals surface area contributed by atoms with Gasteiger partial charge in [-0.1, -0.05) is 6.42 Å². The van der Waals surface area contributed by atoms with Crippen LogP contribution in [0.3, 0.4) is 0 Å².